The monoisotopic (exact) mass is 435 g/mol. The predicted molar refractivity (Wildman–Crippen MR) is 118 cm³/mol. The molecule has 0 saturated carbocycles. The Morgan fingerprint density at radius 2 is 1.91 bits per heavy atom. The number of hydrogen-bond acceptors (Lipinski definition) is 7. The molecule has 166 valence electrons. The van der Waals surface area contributed by atoms with Crippen LogP contribution in [0.5, 0.6) is 5.75 Å². The van der Waals surface area contributed by atoms with Gasteiger partial charge in [0.1, 0.15) is 17.4 Å². The molecule has 0 aliphatic carbocycles. The number of nitrogens with two attached hydrogens (primary N) is 1. The van der Waals surface area contributed by atoms with E-state index in [4.69, 9.17) is 20.5 Å². The van der Waals surface area contributed by atoms with Gasteiger partial charge in [-0.2, -0.15) is 5.26 Å². The Morgan fingerprint density at radius 3 is 2.56 bits per heavy atom. The number of methoxy groups -OCH3 is 1. The lowest BCUT2D eigenvalue weighted by atomic mass is 9.96. The molecule has 1 aliphatic rings. The van der Waals surface area contributed by atoms with Crippen molar-refractivity contribution >= 4 is 28.4 Å². The molecule has 0 spiro atoms. The van der Waals surface area contributed by atoms with Gasteiger partial charge >= 0.3 is 5.97 Å². The zero-order chi connectivity index (χ0) is 23.3. The van der Waals surface area contributed by atoms with Crippen LogP contribution in [-0.2, 0) is 14.3 Å². The van der Waals surface area contributed by atoms with Crippen molar-refractivity contribution in [2.24, 2.45) is 11.7 Å². The first-order chi connectivity index (χ1) is 15.4. The Hall–Kier alpha value is -3.86. The van der Waals surface area contributed by atoms with E-state index in [9.17, 15) is 14.4 Å². The Bertz CT molecular complexity index is 1130. The highest BCUT2D eigenvalue weighted by Crippen LogP contribution is 2.30. The average molecular weight is 435 g/mol. The third kappa shape index (κ3) is 4.72. The number of esters is 1. The second kappa shape index (κ2) is 9.96. The van der Waals surface area contributed by atoms with Gasteiger partial charge in [-0.1, -0.05) is 24.3 Å². The second-order valence-corrected chi connectivity index (χ2v) is 7.65. The molecule has 32 heavy (non-hydrogen) atoms. The lowest BCUT2D eigenvalue weighted by molar-refractivity contribution is -0.152. The van der Waals surface area contributed by atoms with Crippen molar-refractivity contribution in [3.05, 3.63) is 53.2 Å². The van der Waals surface area contributed by atoms with Crippen LogP contribution in [0.3, 0.4) is 0 Å². The number of allylic oxidation sites excluding steroid dienone is 1. The zero-order valence-corrected chi connectivity index (χ0v) is 18.1. The molecule has 2 N–H and O–H groups in total. The van der Waals surface area contributed by atoms with Gasteiger partial charge in [-0.15, -0.1) is 0 Å². The largest absolute Gasteiger partial charge is 0.496 e. The van der Waals surface area contributed by atoms with E-state index in [1.807, 2.05) is 24.3 Å². The molecule has 1 amide bonds. The lowest BCUT2D eigenvalue weighted by Crippen LogP contribution is -2.43. The van der Waals surface area contributed by atoms with Gasteiger partial charge in [0.2, 0.25) is 5.78 Å². The Balaban J connectivity index is 1.71. The van der Waals surface area contributed by atoms with Crippen LogP contribution in [0.15, 0.2) is 47.7 Å². The Labute approximate surface area is 186 Å². The van der Waals surface area contributed by atoms with Crippen LogP contribution in [0.2, 0.25) is 0 Å². The number of carbonyl (C=O) groups excluding carboxylic acids is 3. The van der Waals surface area contributed by atoms with Crippen molar-refractivity contribution < 1.29 is 23.9 Å². The maximum Gasteiger partial charge on any atom is 0.311 e. The summed E-state index contributed by atoms with van der Waals surface area (Å²) in [5, 5.41) is 10.6. The minimum Gasteiger partial charge on any atom is -0.496 e. The molecule has 0 aromatic heterocycles. The number of hydrogen-bond donors (Lipinski definition) is 1. The van der Waals surface area contributed by atoms with Gasteiger partial charge in [0.25, 0.3) is 5.91 Å². The van der Waals surface area contributed by atoms with Gasteiger partial charge in [0, 0.05) is 29.7 Å². The molecule has 0 radical (unpaired) electrons. The number of fused-ring (bicyclic) bond motifs is 1. The topological polar surface area (TPSA) is 123 Å². The van der Waals surface area contributed by atoms with Gasteiger partial charge in [-0.05, 0) is 37.3 Å². The second-order valence-electron chi connectivity index (χ2n) is 7.65. The molecule has 0 bridgehead atoms. The van der Waals surface area contributed by atoms with E-state index < -0.39 is 24.3 Å². The van der Waals surface area contributed by atoms with Gasteiger partial charge in [-0.3, -0.25) is 14.4 Å². The van der Waals surface area contributed by atoms with E-state index in [-0.39, 0.29) is 23.7 Å². The van der Waals surface area contributed by atoms with Crippen molar-refractivity contribution in [1.82, 2.24) is 4.90 Å². The number of likely N-dealkylation sites (tertiary alicyclic amines) is 1. The van der Waals surface area contributed by atoms with Crippen molar-refractivity contribution in [2.45, 2.75) is 19.8 Å². The van der Waals surface area contributed by atoms with E-state index in [0.29, 0.717) is 30.7 Å². The molecule has 1 atom stereocenters. The standard InChI is InChI=1S/C24H25N3O5/c1-15(26)20(12-25)21(28)14-32-24(30)16-6-5-11-27(13-16)23(29)19-9-10-22(31-2)18-8-4-3-7-17(18)19/h3-4,7-10,16H,5-6,11,13-14,26H2,1-2H3/b20-15-/t16-/m0/s1. The summed E-state index contributed by atoms with van der Waals surface area (Å²) >= 11 is 0. The molecule has 2 aromatic carbocycles. The molecule has 1 aliphatic heterocycles. The van der Waals surface area contributed by atoms with Crippen molar-refractivity contribution in [3.63, 3.8) is 0 Å². The number of Topliss-reactive ketones (excluding diaryl/α,β-unsaturated/α-hetero) is 1. The molecule has 1 fully saturated rings. The van der Waals surface area contributed by atoms with Crippen LogP contribution >= 0.6 is 0 Å². The fourth-order valence-electron chi connectivity index (χ4n) is 3.86. The lowest BCUT2D eigenvalue weighted by Gasteiger charge is -2.32. The van der Waals surface area contributed by atoms with Gasteiger partial charge in [0.15, 0.2) is 6.61 Å². The number of ether oxygens (including phenoxy) is 2. The predicted octanol–water partition coefficient (Wildman–Crippen LogP) is 2.57. The molecule has 8 heteroatoms. The van der Waals surface area contributed by atoms with Crippen molar-refractivity contribution in [3.8, 4) is 11.8 Å². The smallest absolute Gasteiger partial charge is 0.311 e. The molecular weight excluding hydrogens is 410 g/mol. The summed E-state index contributed by atoms with van der Waals surface area (Å²) in [7, 11) is 1.58. The molecule has 3 rings (SSSR count). The normalized spacial score (nSPS) is 16.7. The van der Waals surface area contributed by atoms with Crippen molar-refractivity contribution in [1.29, 1.82) is 5.26 Å². The van der Waals surface area contributed by atoms with E-state index in [1.54, 1.807) is 30.2 Å². The number of rotatable bonds is 6. The van der Waals surface area contributed by atoms with Crippen LogP contribution < -0.4 is 10.5 Å². The minimum atomic E-state index is -0.644. The number of benzene rings is 2. The maximum atomic E-state index is 13.3. The Kier molecular flexibility index (Phi) is 7.11. The molecule has 2 aromatic rings. The van der Waals surface area contributed by atoms with E-state index in [0.717, 1.165) is 10.8 Å². The highest BCUT2D eigenvalue weighted by Gasteiger charge is 2.31. The number of nitrogens with zero attached hydrogens (tertiary/aromatic N) is 2. The summed E-state index contributed by atoms with van der Waals surface area (Å²) in [6, 6.07) is 12.7. The van der Waals surface area contributed by atoms with Crippen LogP contribution in [0.1, 0.15) is 30.1 Å². The third-order valence-corrected chi connectivity index (χ3v) is 5.51. The van der Waals surface area contributed by atoms with Crippen LogP contribution in [-0.4, -0.2) is 49.4 Å². The summed E-state index contributed by atoms with van der Waals surface area (Å²) in [4.78, 5) is 39.5. The maximum absolute atomic E-state index is 13.3. The number of piperidine rings is 1. The summed E-state index contributed by atoms with van der Waals surface area (Å²) in [6.07, 6.45) is 1.19. The van der Waals surface area contributed by atoms with Crippen molar-refractivity contribution in [2.75, 3.05) is 26.8 Å². The number of carbonyl (C=O) groups is 3. The van der Waals surface area contributed by atoms with Crippen LogP contribution in [0.25, 0.3) is 10.8 Å². The zero-order valence-electron chi connectivity index (χ0n) is 18.1. The molecule has 0 unspecified atom stereocenters. The third-order valence-electron chi connectivity index (χ3n) is 5.51. The number of ketones is 1. The molecule has 1 saturated heterocycles. The van der Waals surface area contributed by atoms with Gasteiger partial charge in [-0.25, -0.2) is 0 Å². The summed E-state index contributed by atoms with van der Waals surface area (Å²) in [6.45, 7) is 1.61. The quantitative estimate of drug-likeness (QED) is 0.420. The fraction of sp³-hybridized carbons (Fsp3) is 0.333. The molecule has 1 heterocycles. The van der Waals surface area contributed by atoms with Crippen LogP contribution in [0, 0.1) is 17.2 Å². The molecule has 8 nitrogen and oxygen atoms in total. The first-order valence-corrected chi connectivity index (χ1v) is 10.3. The number of nitriles is 1. The van der Waals surface area contributed by atoms with Crippen LogP contribution in [0.4, 0.5) is 0 Å². The summed E-state index contributed by atoms with van der Waals surface area (Å²) < 4.78 is 10.5. The van der Waals surface area contributed by atoms with Gasteiger partial charge in [0.05, 0.1) is 13.0 Å². The first kappa shape index (κ1) is 22.8. The van der Waals surface area contributed by atoms with E-state index in [2.05, 4.69) is 0 Å². The minimum absolute atomic E-state index is 0.0784. The Morgan fingerprint density at radius 1 is 1.19 bits per heavy atom. The molecular formula is C24H25N3O5. The summed E-state index contributed by atoms with van der Waals surface area (Å²) in [5.41, 5.74) is 5.90. The van der Waals surface area contributed by atoms with Gasteiger partial charge < -0.3 is 20.1 Å². The first-order valence-electron chi connectivity index (χ1n) is 10.3. The SMILES string of the molecule is COc1ccc(C(=O)N2CCC[C@H](C(=O)OCC(=O)/C(C#N)=C(/C)N)C2)c2ccccc12. The fourth-order valence-corrected chi connectivity index (χ4v) is 3.86. The number of amides is 1. The highest BCUT2D eigenvalue weighted by molar-refractivity contribution is 6.08. The average Bonchev–Trinajstić information content (AvgIpc) is 2.81. The van der Waals surface area contributed by atoms with E-state index in [1.165, 1.54) is 6.92 Å². The summed E-state index contributed by atoms with van der Waals surface area (Å²) in [5.74, 6) is -1.25. The van der Waals surface area contributed by atoms with E-state index >= 15 is 0 Å². The highest BCUT2D eigenvalue weighted by atomic mass is 16.5.